The lowest BCUT2D eigenvalue weighted by molar-refractivity contribution is 0.158. The molecule has 5 nitrogen and oxygen atoms in total. The topological polar surface area (TPSA) is 35.9 Å². The van der Waals surface area contributed by atoms with Gasteiger partial charge in [-0.2, -0.15) is 0 Å². The highest BCUT2D eigenvalue weighted by molar-refractivity contribution is 7.98. The van der Waals surface area contributed by atoms with Crippen LogP contribution in [0, 0.1) is 0 Å². The first-order chi connectivity index (χ1) is 19.7. The van der Waals surface area contributed by atoms with Crippen LogP contribution >= 0.6 is 11.9 Å². The average molecular weight is 549 g/mol. The van der Waals surface area contributed by atoms with Gasteiger partial charge in [0.25, 0.3) is 0 Å². The zero-order chi connectivity index (χ0) is 27.1. The Hall–Kier alpha value is -3.87. The molecule has 6 heteroatoms. The number of benzene rings is 4. The van der Waals surface area contributed by atoms with Gasteiger partial charge in [-0.05, 0) is 89.5 Å². The zero-order valence-corrected chi connectivity index (χ0v) is 23.6. The lowest BCUT2D eigenvalue weighted by atomic mass is 9.85. The first kappa shape index (κ1) is 25.1. The molecular weight excluding hydrogens is 516 g/mol. The molecule has 2 aliphatic rings. The summed E-state index contributed by atoms with van der Waals surface area (Å²) in [7, 11) is 3.47. The molecule has 40 heavy (non-hydrogen) atoms. The number of hydrogen-bond donors (Lipinski definition) is 0. The van der Waals surface area contributed by atoms with Crippen molar-refractivity contribution in [2.45, 2.75) is 36.9 Å². The van der Waals surface area contributed by atoms with Crippen molar-refractivity contribution >= 4 is 22.9 Å². The number of aromatic nitrogens is 1. The molecule has 0 amide bonds. The van der Waals surface area contributed by atoms with E-state index in [0.29, 0.717) is 6.61 Å². The quantitative estimate of drug-likeness (QED) is 0.211. The third kappa shape index (κ3) is 4.51. The molecule has 0 fully saturated rings. The van der Waals surface area contributed by atoms with E-state index in [0.717, 1.165) is 48.7 Å². The summed E-state index contributed by atoms with van der Waals surface area (Å²) in [6.45, 7) is 2.44. The molecule has 2 aliphatic heterocycles. The third-order valence-corrected chi connectivity index (χ3v) is 9.24. The zero-order valence-electron chi connectivity index (χ0n) is 22.8. The van der Waals surface area contributed by atoms with Crippen LogP contribution in [-0.2, 0) is 26.0 Å². The molecular formula is C34H32N2O3S. The molecule has 4 aromatic carbocycles. The van der Waals surface area contributed by atoms with Gasteiger partial charge < -0.3 is 14.2 Å². The lowest BCUT2D eigenvalue weighted by Gasteiger charge is -2.41. The summed E-state index contributed by atoms with van der Waals surface area (Å²) < 4.78 is 20.2. The minimum Gasteiger partial charge on any atom is -0.497 e. The second-order valence-corrected chi connectivity index (χ2v) is 11.4. The number of nitrogens with zero attached hydrogens (tertiary/aromatic N) is 2. The van der Waals surface area contributed by atoms with Crippen LogP contribution in [0.4, 0.5) is 0 Å². The van der Waals surface area contributed by atoms with Gasteiger partial charge in [-0.1, -0.05) is 48.5 Å². The molecule has 0 saturated carbocycles. The highest BCUT2D eigenvalue weighted by Crippen LogP contribution is 2.46. The van der Waals surface area contributed by atoms with Crippen LogP contribution < -0.4 is 14.2 Å². The van der Waals surface area contributed by atoms with Crippen molar-refractivity contribution in [1.82, 2.24) is 8.87 Å². The Morgan fingerprint density at radius 1 is 0.850 bits per heavy atom. The van der Waals surface area contributed by atoms with Gasteiger partial charge >= 0.3 is 0 Å². The van der Waals surface area contributed by atoms with Crippen LogP contribution in [-0.4, -0.2) is 29.6 Å². The van der Waals surface area contributed by atoms with Gasteiger partial charge in [-0.25, -0.2) is 0 Å². The van der Waals surface area contributed by atoms with Gasteiger partial charge in [0.2, 0.25) is 0 Å². The van der Waals surface area contributed by atoms with Gasteiger partial charge in [0.1, 0.15) is 12.4 Å². The molecule has 1 unspecified atom stereocenters. The van der Waals surface area contributed by atoms with Crippen molar-refractivity contribution in [2.24, 2.45) is 0 Å². The Morgan fingerprint density at radius 2 is 1.65 bits per heavy atom. The molecule has 0 N–H and O–H groups in total. The molecule has 0 radical (unpaired) electrons. The van der Waals surface area contributed by atoms with Crippen LogP contribution in [0.25, 0.3) is 10.9 Å². The van der Waals surface area contributed by atoms with Gasteiger partial charge in [-0.15, -0.1) is 0 Å². The maximum Gasteiger partial charge on any atom is 0.162 e. The second kappa shape index (κ2) is 10.6. The molecule has 1 atom stereocenters. The summed E-state index contributed by atoms with van der Waals surface area (Å²) in [5, 5.41) is 1.28. The van der Waals surface area contributed by atoms with Crippen molar-refractivity contribution in [1.29, 1.82) is 0 Å². The van der Waals surface area contributed by atoms with Crippen molar-refractivity contribution in [3.8, 4) is 17.2 Å². The molecule has 202 valence electrons. The van der Waals surface area contributed by atoms with Crippen molar-refractivity contribution in [2.75, 3.05) is 20.8 Å². The molecule has 0 aliphatic carbocycles. The molecule has 1 aromatic heterocycles. The number of rotatable bonds is 7. The van der Waals surface area contributed by atoms with Crippen molar-refractivity contribution < 1.29 is 14.2 Å². The molecule has 3 heterocycles. The van der Waals surface area contributed by atoms with Gasteiger partial charge in [0.15, 0.2) is 11.5 Å². The van der Waals surface area contributed by atoms with E-state index in [9.17, 15) is 0 Å². The van der Waals surface area contributed by atoms with Crippen LogP contribution in [0.5, 0.6) is 17.2 Å². The highest BCUT2D eigenvalue weighted by Gasteiger charge is 2.36. The van der Waals surface area contributed by atoms with Crippen LogP contribution in [0.15, 0.2) is 95.9 Å². The Labute approximate surface area is 239 Å². The summed E-state index contributed by atoms with van der Waals surface area (Å²) in [5.41, 5.74) is 7.87. The standard InChI is InChI=1S/C34H32N2O3S/c1-37-25-13-14-30-28(18-25)29-19-31-27-20-34(39-22-23-9-5-3-6-10-23)33(38-2)17-24(27)15-16-35(31)21-32(29)36(30)40-26-11-7-4-8-12-26/h3-14,17-18,20,31H,15-16,19,21-22H2,1-2H3. The number of ether oxygens (including phenoxy) is 3. The SMILES string of the molecule is COc1ccc2c(c1)c1c(n2Sc2ccccc2)CN2CCc3cc(OC)c(OCc4ccccc4)cc3C2C1. The highest BCUT2D eigenvalue weighted by atomic mass is 32.2. The number of fused-ring (bicyclic) bond motifs is 6. The van der Waals surface area contributed by atoms with E-state index in [4.69, 9.17) is 14.2 Å². The third-order valence-electron chi connectivity index (χ3n) is 8.16. The van der Waals surface area contributed by atoms with E-state index in [1.807, 2.05) is 18.2 Å². The summed E-state index contributed by atoms with van der Waals surface area (Å²) in [5.74, 6) is 2.51. The maximum atomic E-state index is 6.33. The predicted octanol–water partition coefficient (Wildman–Crippen LogP) is 7.45. The van der Waals surface area contributed by atoms with Crippen molar-refractivity contribution in [3.63, 3.8) is 0 Å². The summed E-state index contributed by atoms with van der Waals surface area (Å²) in [6.07, 6.45) is 1.94. The molecule has 0 bridgehead atoms. The normalized spacial score (nSPS) is 16.2. The fourth-order valence-electron chi connectivity index (χ4n) is 6.15. The summed E-state index contributed by atoms with van der Waals surface area (Å²) >= 11 is 1.80. The molecule has 0 spiro atoms. The Bertz CT molecular complexity index is 1670. The predicted molar refractivity (Wildman–Crippen MR) is 161 cm³/mol. The number of hydrogen-bond acceptors (Lipinski definition) is 5. The molecule has 5 aromatic rings. The Kier molecular flexibility index (Phi) is 6.66. The van der Waals surface area contributed by atoms with E-state index >= 15 is 0 Å². The van der Waals surface area contributed by atoms with E-state index in [1.54, 1.807) is 26.2 Å². The summed E-state index contributed by atoms with van der Waals surface area (Å²) in [6, 6.07) is 32.1. The van der Waals surface area contributed by atoms with E-state index in [1.165, 1.54) is 38.2 Å². The van der Waals surface area contributed by atoms with E-state index in [-0.39, 0.29) is 6.04 Å². The Balaban J connectivity index is 1.28. The van der Waals surface area contributed by atoms with E-state index < -0.39 is 0 Å². The van der Waals surface area contributed by atoms with Crippen LogP contribution in [0.1, 0.15) is 34.0 Å². The fraction of sp³-hybridized carbons (Fsp3) is 0.235. The largest absolute Gasteiger partial charge is 0.497 e. The van der Waals surface area contributed by atoms with Gasteiger partial charge in [0, 0.05) is 35.1 Å². The van der Waals surface area contributed by atoms with Gasteiger partial charge in [0.05, 0.1) is 19.7 Å². The lowest BCUT2D eigenvalue weighted by Crippen LogP contribution is -2.39. The smallest absolute Gasteiger partial charge is 0.162 e. The second-order valence-electron chi connectivity index (χ2n) is 10.4. The molecule has 0 saturated heterocycles. The molecule has 7 rings (SSSR count). The van der Waals surface area contributed by atoms with Crippen LogP contribution in [0.2, 0.25) is 0 Å². The average Bonchev–Trinajstić information content (AvgIpc) is 3.30. The first-order valence-corrected chi connectivity index (χ1v) is 14.5. The van der Waals surface area contributed by atoms with Crippen LogP contribution in [0.3, 0.4) is 0 Å². The number of methoxy groups -OCH3 is 2. The Morgan fingerprint density at radius 3 is 2.42 bits per heavy atom. The van der Waals surface area contributed by atoms with E-state index in [2.05, 4.69) is 81.7 Å². The van der Waals surface area contributed by atoms with Gasteiger partial charge in [-0.3, -0.25) is 8.87 Å². The minimum atomic E-state index is 0.285. The maximum absolute atomic E-state index is 6.33. The first-order valence-electron chi connectivity index (χ1n) is 13.8. The minimum absolute atomic E-state index is 0.285. The van der Waals surface area contributed by atoms with Crippen molar-refractivity contribution in [3.05, 3.63) is 119 Å². The fourth-order valence-corrected chi connectivity index (χ4v) is 7.17. The monoisotopic (exact) mass is 548 g/mol. The summed E-state index contributed by atoms with van der Waals surface area (Å²) in [4.78, 5) is 3.87.